The summed E-state index contributed by atoms with van der Waals surface area (Å²) in [6, 6.07) is 5.81. The van der Waals surface area contributed by atoms with Crippen LogP contribution in [0.15, 0.2) is 29.2 Å². The molecule has 0 unspecified atom stereocenters. The molecule has 8 heteroatoms. The van der Waals surface area contributed by atoms with Gasteiger partial charge in [-0.2, -0.15) is 0 Å². The lowest BCUT2D eigenvalue weighted by molar-refractivity contribution is 0.138. The van der Waals surface area contributed by atoms with Crippen LogP contribution >= 0.6 is 0 Å². The predicted octanol–water partition coefficient (Wildman–Crippen LogP) is 2.18. The van der Waals surface area contributed by atoms with Crippen molar-refractivity contribution < 1.29 is 13.2 Å². The largest absolute Gasteiger partial charge is 0.336 e. The fourth-order valence-corrected chi connectivity index (χ4v) is 3.53. The normalized spacial score (nSPS) is 12.5. The summed E-state index contributed by atoms with van der Waals surface area (Å²) in [6.07, 6.45) is 1.85. The van der Waals surface area contributed by atoms with Crippen LogP contribution in [0.25, 0.3) is 0 Å². The highest BCUT2D eigenvalue weighted by atomic mass is 32.2. The van der Waals surface area contributed by atoms with Gasteiger partial charge in [-0.3, -0.25) is 0 Å². The first-order valence-electron chi connectivity index (χ1n) is 8.34. The first-order valence-corrected chi connectivity index (χ1v) is 9.78. The van der Waals surface area contributed by atoms with Crippen LogP contribution in [0.5, 0.6) is 0 Å². The molecule has 0 aliphatic heterocycles. The van der Waals surface area contributed by atoms with Gasteiger partial charge in [0.25, 0.3) is 0 Å². The number of urea groups is 1. The van der Waals surface area contributed by atoms with Crippen molar-refractivity contribution in [3.63, 3.8) is 0 Å². The lowest BCUT2D eigenvalue weighted by atomic mass is 9.91. The molecule has 0 saturated carbocycles. The minimum absolute atomic E-state index is 0.0824. The van der Waals surface area contributed by atoms with E-state index in [1.165, 1.54) is 26.2 Å². The Morgan fingerprint density at radius 1 is 1.04 bits per heavy atom. The molecule has 0 aliphatic carbocycles. The molecule has 0 bridgehead atoms. The molecule has 2 amide bonds. The van der Waals surface area contributed by atoms with E-state index in [2.05, 4.69) is 29.4 Å². The number of carbonyl (C=O) groups is 1. The summed E-state index contributed by atoms with van der Waals surface area (Å²) < 4.78 is 25.2. The van der Waals surface area contributed by atoms with Crippen LogP contribution in [0, 0.1) is 0 Å². The van der Waals surface area contributed by atoms with Crippen molar-refractivity contribution in [3.05, 3.63) is 24.3 Å². The van der Waals surface area contributed by atoms with Crippen LogP contribution in [0.4, 0.5) is 10.5 Å². The molecule has 0 spiro atoms. The van der Waals surface area contributed by atoms with Crippen LogP contribution in [-0.2, 0) is 10.0 Å². The summed E-state index contributed by atoms with van der Waals surface area (Å²) in [5.74, 6) is 0. The van der Waals surface area contributed by atoms with Crippen LogP contribution in [0.1, 0.15) is 26.7 Å². The first-order chi connectivity index (χ1) is 11.6. The van der Waals surface area contributed by atoms with Crippen molar-refractivity contribution in [3.8, 4) is 0 Å². The summed E-state index contributed by atoms with van der Waals surface area (Å²) in [5, 5.41) is 5.63. The topological polar surface area (TPSA) is 81.8 Å². The van der Waals surface area contributed by atoms with E-state index in [0.717, 1.165) is 17.1 Å². The SMILES string of the molecule is CCC(CC)(CNC(=O)Nc1ccc(S(=O)(=O)N(C)C)cc1)N(C)C. The molecule has 142 valence electrons. The lowest BCUT2D eigenvalue weighted by Gasteiger charge is -2.38. The minimum Gasteiger partial charge on any atom is -0.336 e. The number of hydrogen-bond acceptors (Lipinski definition) is 4. The molecule has 0 radical (unpaired) electrons. The third kappa shape index (κ3) is 5.17. The number of nitrogens with one attached hydrogen (secondary N) is 2. The van der Waals surface area contributed by atoms with E-state index in [1.54, 1.807) is 12.1 Å². The molecule has 0 aromatic heterocycles. The van der Waals surface area contributed by atoms with E-state index in [9.17, 15) is 13.2 Å². The maximum atomic E-state index is 12.1. The van der Waals surface area contributed by atoms with E-state index >= 15 is 0 Å². The number of sulfonamides is 1. The standard InChI is InChI=1S/C17H30N4O3S/c1-7-17(8-2,20(3)4)13-18-16(22)19-14-9-11-15(12-10-14)25(23,24)21(5)6/h9-12H,7-8,13H2,1-6H3,(H2,18,19,22). The number of amides is 2. The van der Waals surface area contributed by atoms with Crippen LogP contribution in [0.2, 0.25) is 0 Å². The van der Waals surface area contributed by atoms with Crippen LogP contribution in [-0.4, -0.2) is 63.9 Å². The molecule has 0 aliphatic rings. The van der Waals surface area contributed by atoms with Crippen LogP contribution in [0.3, 0.4) is 0 Å². The Morgan fingerprint density at radius 3 is 1.96 bits per heavy atom. The third-order valence-electron chi connectivity index (χ3n) is 4.73. The van der Waals surface area contributed by atoms with Gasteiger partial charge in [-0.25, -0.2) is 17.5 Å². The summed E-state index contributed by atoms with van der Waals surface area (Å²) >= 11 is 0. The molecule has 25 heavy (non-hydrogen) atoms. The zero-order valence-corrected chi connectivity index (χ0v) is 16.8. The zero-order chi connectivity index (χ0) is 19.3. The van der Waals surface area contributed by atoms with Crippen molar-refractivity contribution in [1.29, 1.82) is 0 Å². The van der Waals surface area contributed by atoms with E-state index in [4.69, 9.17) is 0 Å². The molecule has 1 rings (SSSR count). The van der Waals surface area contributed by atoms with Crippen molar-refractivity contribution in [2.24, 2.45) is 0 Å². The molecule has 0 atom stereocenters. The second-order valence-corrected chi connectivity index (χ2v) is 8.60. The smallest absolute Gasteiger partial charge is 0.319 e. The maximum Gasteiger partial charge on any atom is 0.319 e. The summed E-state index contributed by atoms with van der Waals surface area (Å²) in [6.45, 7) is 4.74. The van der Waals surface area contributed by atoms with Gasteiger partial charge in [-0.05, 0) is 51.2 Å². The first kappa shape index (κ1) is 21.4. The molecular weight excluding hydrogens is 340 g/mol. The molecule has 1 aromatic carbocycles. The highest BCUT2D eigenvalue weighted by Crippen LogP contribution is 2.20. The second kappa shape index (κ2) is 8.64. The number of carbonyl (C=O) groups excluding carboxylic acids is 1. The second-order valence-electron chi connectivity index (χ2n) is 6.45. The number of hydrogen-bond donors (Lipinski definition) is 2. The predicted molar refractivity (Wildman–Crippen MR) is 101 cm³/mol. The van der Waals surface area contributed by atoms with E-state index < -0.39 is 10.0 Å². The van der Waals surface area contributed by atoms with Gasteiger partial charge >= 0.3 is 6.03 Å². The monoisotopic (exact) mass is 370 g/mol. The molecular formula is C17H30N4O3S. The van der Waals surface area contributed by atoms with Crippen molar-refractivity contribution in [2.75, 3.05) is 40.1 Å². The highest BCUT2D eigenvalue weighted by Gasteiger charge is 2.29. The van der Waals surface area contributed by atoms with Gasteiger partial charge in [-0.1, -0.05) is 13.8 Å². The van der Waals surface area contributed by atoms with E-state index in [-0.39, 0.29) is 16.5 Å². The Bertz CT molecular complexity index is 666. The lowest BCUT2D eigenvalue weighted by Crippen LogP contribution is -2.52. The number of likely N-dealkylation sites (N-methyl/N-ethyl adjacent to an activating group) is 1. The number of nitrogens with zero attached hydrogens (tertiary/aromatic N) is 2. The summed E-state index contributed by atoms with van der Waals surface area (Å²) in [4.78, 5) is 14.5. The quantitative estimate of drug-likeness (QED) is 0.735. The van der Waals surface area contributed by atoms with Crippen molar-refractivity contribution in [2.45, 2.75) is 37.1 Å². The Labute approximate surface area is 151 Å². The molecule has 0 saturated heterocycles. The van der Waals surface area contributed by atoms with Crippen molar-refractivity contribution in [1.82, 2.24) is 14.5 Å². The highest BCUT2D eigenvalue weighted by molar-refractivity contribution is 7.89. The molecule has 1 aromatic rings. The molecule has 0 fully saturated rings. The Kier molecular flexibility index (Phi) is 7.40. The number of anilines is 1. The van der Waals surface area contributed by atoms with Gasteiger partial charge in [0.15, 0.2) is 0 Å². The molecule has 2 N–H and O–H groups in total. The average molecular weight is 371 g/mol. The van der Waals surface area contributed by atoms with Gasteiger partial charge < -0.3 is 15.5 Å². The van der Waals surface area contributed by atoms with E-state index in [0.29, 0.717) is 12.2 Å². The molecule has 7 nitrogen and oxygen atoms in total. The summed E-state index contributed by atoms with van der Waals surface area (Å²) in [7, 11) is 3.51. The number of benzene rings is 1. The van der Waals surface area contributed by atoms with Gasteiger partial charge in [0, 0.05) is 31.9 Å². The maximum absolute atomic E-state index is 12.1. The van der Waals surface area contributed by atoms with Gasteiger partial charge in [0.05, 0.1) is 4.90 Å². The van der Waals surface area contributed by atoms with Gasteiger partial charge in [0.2, 0.25) is 10.0 Å². The fraction of sp³-hybridized carbons (Fsp3) is 0.588. The Balaban J connectivity index is 2.73. The Morgan fingerprint density at radius 2 is 1.56 bits per heavy atom. The van der Waals surface area contributed by atoms with E-state index in [1.807, 2.05) is 14.1 Å². The average Bonchev–Trinajstić information content (AvgIpc) is 2.56. The fourth-order valence-electron chi connectivity index (χ4n) is 2.63. The minimum atomic E-state index is -3.47. The van der Waals surface area contributed by atoms with Crippen LogP contribution < -0.4 is 10.6 Å². The van der Waals surface area contributed by atoms with Gasteiger partial charge in [-0.15, -0.1) is 0 Å². The summed E-state index contributed by atoms with van der Waals surface area (Å²) in [5.41, 5.74) is 0.458. The zero-order valence-electron chi connectivity index (χ0n) is 16.0. The third-order valence-corrected chi connectivity index (χ3v) is 6.56. The number of rotatable bonds is 8. The molecule has 0 heterocycles. The van der Waals surface area contributed by atoms with Gasteiger partial charge in [0.1, 0.15) is 0 Å². The van der Waals surface area contributed by atoms with Crippen molar-refractivity contribution >= 4 is 21.7 Å². The Hall–Kier alpha value is -1.64.